The van der Waals surface area contributed by atoms with Crippen LogP contribution >= 0.6 is 11.6 Å². The molecule has 0 amide bonds. The molecule has 0 spiro atoms. The van der Waals surface area contributed by atoms with Crippen molar-refractivity contribution in [3.05, 3.63) is 64.8 Å². The van der Waals surface area contributed by atoms with Gasteiger partial charge in [-0.2, -0.15) is 10.4 Å². The van der Waals surface area contributed by atoms with E-state index in [4.69, 9.17) is 16.3 Å². The van der Waals surface area contributed by atoms with Crippen LogP contribution < -0.4 is 4.74 Å². The first-order valence-electron chi connectivity index (χ1n) is 7.03. The first kappa shape index (κ1) is 15.1. The monoisotopic (exact) mass is 323 g/mol. The summed E-state index contributed by atoms with van der Waals surface area (Å²) >= 11 is 5.95. The zero-order valence-electron chi connectivity index (χ0n) is 12.7. The molecule has 0 aliphatic rings. The summed E-state index contributed by atoms with van der Waals surface area (Å²) in [5.74, 6) is 0.826. The van der Waals surface area contributed by atoms with E-state index in [1.165, 1.54) is 0 Å². The minimum absolute atomic E-state index is 0.364. The van der Waals surface area contributed by atoms with Crippen LogP contribution in [0.2, 0.25) is 5.02 Å². The van der Waals surface area contributed by atoms with Crippen LogP contribution in [0.25, 0.3) is 16.9 Å². The molecule has 0 N–H and O–H groups in total. The number of methoxy groups -OCH3 is 1. The van der Waals surface area contributed by atoms with Crippen molar-refractivity contribution < 1.29 is 4.74 Å². The van der Waals surface area contributed by atoms with Gasteiger partial charge in [0, 0.05) is 16.7 Å². The van der Waals surface area contributed by atoms with Gasteiger partial charge in [-0.1, -0.05) is 11.6 Å². The molecule has 0 atom stereocenters. The molecule has 4 nitrogen and oxygen atoms in total. The number of aromatic nitrogens is 2. The summed E-state index contributed by atoms with van der Waals surface area (Å²) in [6.45, 7) is 1.98. The predicted molar refractivity (Wildman–Crippen MR) is 90.0 cm³/mol. The van der Waals surface area contributed by atoms with E-state index in [2.05, 4.69) is 11.2 Å². The van der Waals surface area contributed by atoms with Gasteiger partial charge in [0.05, 0.1) is 18.5 Å². The quantitative estimate of drug-likeness (QED) is 0.718. The van der Waals surface area contributed by atoms with Crippen molar-refractivity contribution >= 4 is 11.6 Å². The molecule has 1 aromatic heterocycles. The van der Waals surface area contributed by atoms with E-state index in [1.807, 2.05) is 37.3 Å². The Morgan fingerprint density at radius 3 is 2.48 bits per heavy atom. The molecule has 0 radical (unpaired) electrons. The fourth-order valence-electron chi connectivity index (χ4n) is 2.46. The molecule has 5 heteroatoms. The molecular formula is C18H14ClN3O. The maximum Gasteiger partial charge on any atom is 0.163 e. The van der Waals surface area contributed by atoms with Crippen LogP contribution in [0.1, 0.15) is 11.3 Å². The highest BCUT2D eigenvalue weighted by Gasteiger charge is 2.13. The number of aryl methyl sites for hydroxylation is 1. The van der Waals surface area contributed by atoms with Crippen molar-refractivity contribution in [1.29, 1.82) is 5.26 Å². The second-order valence-corrected chi connectivity index (χ2v) is 5.54. The minimum Gasteiger partial charge on any atom is -0.496 e. The van der Waals surface area contributed by atoms with Crippen LogP contribution in [0.5, 0.6) is 5.75 Å². The van der Waals surface area contributed by atoms with Crippen LogP contribution in [0.4, 0.5) is 0 Å². The standard InChI is InChI=1S/C18H14ClN3O/c1-12-9-13(3-8-18(12)23-2)17-10-15(11-20)21-22(17)16-6-4-14(19)5-7-16/h3-10H,1-2H3. The topological polar surface area (TPSA) is 50.8 Å². The van der Waals surface area contributed by atoms with Gasteiger partial charge in [-0.15, -0.1) is 0 Å². The van der Waals surface area contributed by atoms with Gasteiger partial charge in [0.15, 0.2) is 5.69 Å². The Kier molecular flexibility index (Phi) is 4.05. The van der Waals surface area contributed by atoms with E-state index in [0.29, 0.717) is 10.7 Å². The highest BCUT2D eigenvalue weighted by atomic mass is 35.5. The average molecular weight is 324 g/mol. The number of rotatable bonds is 3. The van der Waals surface area contributed by atoms with E-state index < -0.39 is 0 Å². The van der Waals surface area contributed by atoms with Gasteiger partial charge in [0.25, 0.3) is 0 Å². The molecule has 0 unspecified atom stereocenters. The lowest BCUT2D eigenvalue weighted by atomic mass is 10.1. The molecule has 2 aromatic carbocycles. The second kappa shape index (κ2) is 6.15. The molecular weight excluding hydrogens is 310 g/mol. The van der Waals surface area contributed by atoms with Crippen molar-refractivity contribution in [2.45, 2.75) is 6.92 Å². The molecule has 0 saturated heterocycles. The summed E-state index contributed by atoms with van der Waals surface area (Å²) in [5, 5.41) is 14.2. The maximum atomic E-state index is 9.18. The molecule has 0 saturated carbocycles. The third-order valence-corrected chi connectivity index (χ3v) is 3.84. The zero-order chi connectivity index (χ0) is 16.4. The van der Waals surface area contributed by atoms with Crippen LogP contribution in [0.3, 0.4) is 0 Å². The van der Waals surface area contributed by atoms with Crippen molar-refractivity contribution in [3.63, 3.8) is 0 Å². The largest absolute Gasteiger partial charge is 0.496 e. The third kappa shape index (κ3) is 2.92. The summed E-state index contributed by atoms with van der Waals surface area (Å²) in [7, 11) is 1.65. The summed E-state index contributed by atoms with van der Waals surface area (Å²) < 4.78 is 7.05. The van der Waals surface area contributed by atoms with Crippen molar-refractivity contribution in [3.8, 4) is 28.8 Å². The fraction of sp³-hybridized carbons (Fsp3) is 0.111. The van der Waals surface area contributed by atoms with E-state index in [0.717, 1.165) is 28.3 Å². The highest BCUT2D eigenvalue weighted by molar-refractivity contribution is 6.30. The average Bonchev–Trinajstić information content (AvgIpc) is 3.00. The van der Waals surface area contributed by atoms with Gasteiger partial charge >= 0.3 is 0 Å². The van der Waals surface area contributed by atoms with E-state index in [9.17, 15) is 5.26 Å². The molecule has 0 aliphatic heterocycles. The van der Waals surface area contributed by atoms with Crippen molar-refractivity contribution in [2.24, 2.45) is 0 Å². The smallest absolute Gasteiger partial charge is 0.163 e. The molecule has 0 aliphatic carbocycles. The Morgan fingerprint density at radius 2 is 1.87 bits per heavy atom. The van der Waals surface area contributed by atoms with E-state index in [1.54, 1.807) is 30.0 Å². The summed E-state index contributed by atoms with van der Waals surface area (Å²) in [4.78, 5) is 0. The fourth-order valence-corrected chi connectivity index (χ4v) is 2.58. The van der Waals surface area contributed by atoms with Gasteiger partial charge in [-0.3, -0.25) is 0 Å². The minimum atomic E-state index is 0.364. The van der Waals surface area contributed by atoms with Crippen LogP contribution in [0, 0.1) is 18.3 Å². The van der Waals surface area contributed by atoms with Crippen molar-refractivity contribution in [2.75, 3.05) is 7.11 Å². The number of hydrogen-bond donors (Lipinski definition) is 0. The molecule has 3 rings (SSSR count). The summed E-state index contributed by atoms with van der Waals surface area (Å²) in [6, 6.07) is 17.1. The van der Waals surface area contributed by atoms with E-state index in [-0.39, 0.29) is 0 Å². The highest BCUT2D eigenvalue weighted by Crippen LogP contribution is 2.28. The van der Waals surface area contributed by atoms with Gasteiger partial charge in [-0.25, -0.2) is 4.68 Å². The predicted octanol–water partition coefficient (Wildman–Crippen LogP) is 4.38. The van der Waals surface area contributed by atoms with Crippen LogP contribution in [0.15, 0.2) is 48.5 Å². The number of nitrogens with zero attached hydrogens (tertiary/aromatic N) is 3. The molecule has 0 bridgehead atoms. The SMILES string of the molecule is COc1ccc(-c2cc(C#N)nn2-c2ccc(Cl)cc2)cc1C. The Morgan fingerprint density at radius 1 is 1.13 bits per heavy atom. The van der Waals surface area contributed by atoms with Gasteiger partial charge in [-0.05, 0) is 55.0 Å². The van der Waals surface area contributed by atoms with Gasteiger partial charge in [0.2, 0.25) is 0 Å². The number of hydrogen-bond acceptors (Lipinski definition) is 3. The van der Waals surface area contributed by atoms with Crippen LogP contribution in [-0.2, 0) is 0 Å². The Labute approximate surface area is 139 Å². The molecule has 114 valence electrons. The number of ether oxygens (including phenoxy) is 1. The molecule has 1 heterocycles. The first-order valence-corrected chi connectivity index (χ1v) is 7.41. The molecule has 0 fully saturated rings. The Balaban J connectivity index is 2.15. The number of halogens is 1. The zero-order valence-corrected chi connectivity index (χ0v) is 13.5. The maximum absolute atomic E-state index is 9.18. The summed E-state index contributed by atoms with van der Waals surface area (Å²) in [5.41, 5.74) is 4.04. The van der Waals surface area contributed by atoms with Crippen LogP contribution in [-0.4, -0.2) is 16.9 Å². The second-order valence-electron chi connectivity index (χ2n) is 5.10. The Bertz CT molecular complexity index is 892. The molecule has 23 heavy (non-hydrogen) atoms. The molecule has 3 aromatic rings. The summed E-state index contributed by atoms with van der Waals surface area (Å²) in [6.07, 6.45) is 0. The van der Waals surface area contributed by atoms with E-state index >= 15 is 0 Å². The lowest BCUT2D eigenvalue weighted by Crippen LogP contribution is -1.99. The van der Waals surface area contributed by atoms with Gasteiger partial charge in [0.1, 0.15) is 11.8 Å². The van der Waals surface area contributed by atoms with Gasteiger partial charge < -0.3 is 4.74 Å². The lowest BCUT2D eigenvalue weighted by molar-refractivity contribution is 0.412. The number of nitriles is 1. The first-order chi connectivity index (χ1) is 11.1. The number of benzene rings is 2. The Hall–Kier alpha value is -2.77. The van der Waals surface area contributed by atoms with Crippen molar-refractivity contribution in [1.82, 2.24) is 9.78 Å². The third-order valence-electron chi connectivity index (χ3n) is 3.59. The normalized spacial score (nSPS) is 10.3. The lowest BCUT2D eigenvalue weighted by Gasteiger charge is -2.10.